The van der Waals surface area contributed by atoms with Gasteiger partial charge in [-0.05, 0) is 53.2 Å². The molecule has 0 aliphatic rings. The Morgan fingerprint density at radius 1 is 1.39 bits per heavy atom. The maximum absolute atomic E-state index is 9.69. The summed E-state index contributed by atoms with van der Waals surface area (Å²) >= 11 is 10.9. The number of benzene rings is 1. The Morgan fingerprint density at radius 2 is 2.17 bits per heavy atom. The molecular weight excluding hydrogens is 336 g/mol. The summed E-state index contributed by atoms with van der Waals surface area (Å²) in [5.41, 5.74) is 0.707. The number of halogens is 2. The molecule has 0 aliphatic carbocycles. The van der Waals surface area contributed by atoms with E-state index < -0.39 is 6.10 Å². The molecule has 1 aromatic carbocycles. The monoisotopic (exact) mass is 346 g/mol. The second kappa shape index (κ2) is 6.06. The molecule has 0 unspecified atom stereocenters. The molecule has 0 spiro atoms. The molecule has 18 heavy (non-hydrogen) atoms. The van der Waals surface area contributed by atoms with Crippen LogP contribution in [-0.2, 0) is 6.61 Å². The summed E-state index contributed by atoms with van der Waals surface area (Å²) < 4.78 is 6.80. The van der Waals surface area contributed by atoms with Gasteiger partial charge in [0.05, 0.1) is 9.89 Å². The molecule has 0 aliphatic heterocycles. The second-order valence-electron chi connectivity index (χ2n) is 3.85. The minimum atomic E-state index is -0.603. The lowest BCUT2D eigenvalue weighted by molar-refractivity contribution is 0.190. The van der Waals surface area contributed by atoms with Gasteiger partial charge in [-0.25, -0.2) is 0 Å². The number of hydrogen-bond donors (Lipinski definition) is 1. The molecule has 5 heteroatoms. The zero-order chi connectivity index (χ0) is 13.1. The molecule has 2 nitrogen and oxygen atoms in total. The van der Waals surface area contributed by atoms with Gasteiger partial charge in [0.25, 0.3) is 0 Å². The lowest BCUT2D eigenvalue weighted by Gasteiger charge is -2.13. The van der Waals surface area contributed by atoms with Gasteiger partial charge in [-0.3, -0.25) is 0 Å². The number of ether oxygens (including phenoxy) is 1. The third kappa shape index (κ3) is 3.48. The fraction of sp³-hybridized carbons (Fsp3) is 0.231. The molecule has 0 bridgehead atoms. The van der Waals surface area contributed by atoms with E-state index in [9.17, 15) is 5.11 Å². The number of aliphatic hydroxyl groups excluding tert-OH is 1. The molecule has 0 saturated heterocycles. The average Bonchev–Trinajstić information content (AvgIpc) is 2.73. The number of thiophene rings is 1. The normalized spacial score (nSPS) is 12.4. The van der Waals surface area contributed by atoms with Crippen LogP contribution in [0.5, 0.6) is 5.75 Å². The third-order valence-electron chi connectivity index (χ3n) is 2.42. The molecule has 2 aromatic rings. The summed E-state index contributed by atoms with van der Waals surface area (Å²) in [6.07, 6.45) is -0.603. The van der Waals surface area contributed by atoms with E-state index in [2.05, 4.69) is 15.9 Å². The minimum Gasteiger partial charge on any atom is -0.488 e. The third-order valence-corrected chi connectivity index (χ3v) is 4.25. The van der Waals surface area contributed by atoms with Crippen molar-refractivity contribution in [3.63, 3.8) is 0 Å². The van der Waals surface area contributed by atoms with Crippen LogP contribution >= 0.6 is 38.9 Å². The Labute approximate surface area is 123 Å². The molecule has 0 amide bonds. The fourth-order valence-corrected chi connectivity index (χ4v) is 3.13. The minimum absolute atomic E-state index is 0.484. The van der Waals surface area contributed by atoms with Gasteiger partial charge in [0.15, 0.2) is 0 Å². The first-order chi connectivity index (χ1) is 8.56. The second-order valence-corrected chi connectivity index (χ2v) is 6.84. The van der Waals surface area contributed by atoms with Crippen molar-refractivity contribution in [3.8, 4) is 5.75 Å². The molecule has 1 heterocycles. The van der Waals surface area contributed by atoms with Crippen LogP contribution in [0.3, 0.4) is 0 Å². The Hall–Kier alpha value is -0.550. The SMILES string of the molecule is C[C@H](O)c1cc(Cl)ccc1OCc1ccc(Br)s1. The standard InChI is InChI=1S/C13H12BrClO2S/c1-8(16)11-6-9(15)2-4-12(11)17-7-10-3-5-13(14)18-10/h2-6,8,16H,7H2,1H3/t8-/m0/s1. The summed E-state index contributed by atoms with van der Waals surface area (Å²) in [5, 5.41) is 10.3. The van der Waals surface area contributed by atoms with E-state index in [0.717, 1.165) is 8.66 Å². The van der Waals surface area contributed by atoms with Crippen molar-refractivity contribution in [2.45, 2.75) is 19.6 Å². The predicted octanol–water partition coefficient (Wildman–Crippen LogP) is 4.80. The van der Waals surface area contributed by atoms with Crippen LogP contribution in [0.25, 0.3) is 0 Å². The zero-order valence-corrected chi connectivity index (χ0v) is 12.8. The van der Waals surface area contributed by atoms with Gasteiger partial charge in [-0.2, -0.15) is 0 Å². The molecule has 0 saturated carbocycles. The van der Waals surface area contributed by atoms with Gasteiger partial charge >= 0.3 is 0 Å². The first-order valence-electron chi connectivity index (χ1n) is 5.41. The summed E-state index contributed by atoms with van der Waals surface area (Å²) in [4.78, 5) is 1.12. The van der Waals surface area contributed by atoms with E-state index in [1.165, 1.54) is 0 Å². The smallest absolute Gasteiger partial charge is 0.125 e. The Kier molecular flexibility index (Phi) is 4.67. The Balaban J connectivity index is 2.13. The molecule has 0 fully saturated rings. The summed E-state index contributed by atoms with van der Waals surface area (Å²) in [6.45, 7) is 2.18. The van der Waals surface area contributed by atoms with E-state index in [-0.39, 0.29) is 0 Å². The molecular formula is C13H12BrClO2S. The van der Waals surface area contributed by atoms with E-state index >= 15 is 0 Å². The maximum Gasteiger partial charge on any atom is 0.125 e. The van der Waals surface area contributed by atoms with Crippen molar-refractivity contribution in [1.29, 1.82) is 0 Å². The van der Waals surface area contributed by atoms with E-state index in [1.807, 2.05) is 12.1 Å². The molecule has 1 N–H and O–H groups in total. The van der Waals surface area contributed by atoms with Crippen molar-refractivity contribution in [2.75, 3.05) is 0 Å². The van der Waals surface area contributed by atoms with Gasteiger partial charge in [0.2, 0.25) is 0 Å². The maximum atomic E-state index is 9.69. The number of hydrogen-bond acceptors (Lipinski definition) is 3. The van der Waals surface area contributed by atoms with Crippen molar-refractivity contribution >= 4 is 38.9 Å². The highest BCUT2D eigenvalue weighted by molar-refractivity contribution is 9.11. The lowest BCUT2D eigenvalue weighted by Crippen LogP contribution is -1.99. The highest BCUT2D eigenvalue weighted by atomic mass is 79.9. The van der Waals surface area contributed by atoms with Gasteiger partial charge in [-0.1, -0.05) is 11.6 Å². The lowest BCUT2D eigenvalue weighted by atomic mass is 10.1. The number of aliphatic hydroxyl groups is 1. The topological polar surface area (TPSA) is 29.5 Å². The van der Waals surface area contributed by atoms with Gasteiger partial charge in [0.1, 0.15) is 12.4 Å². The molecule has 0 radical (unpaired) electrons. The molecule has 1 atom stereocenters. The predicted molar refractivity (Wildman–Crippen MR) is 78.4 cm³/mol. The molecule has 96 valence electrons. The highest BCUT2D eigenvalue weighted by Crippen LogP contribution is 2.30. The highest BCUT2D eigenvalue weighted by Gasteiger charge is 2.10. The average molecular weight is 348 g/mol. The van der Waals surface area contributed by atoms with Crippen LogP contribution in [0, 0.1) is 0 Å². The fourth-order valence-electron chi connectivity index (χ4n) is 1.56. The molecule has 2 rings (SSSR count). The summed E-state index contributed by atoms with van der Waals surface area (Å²) in [6, 6.07) is 9.26. The van der Waals surface area contributed by atoms with Crippen molar-refractivity contribution in [2.24, 2.45) is 0 Å². The van der Waals surface area contributed by atoms with Crippen molar-refractivity contribution < 1.29 is 9.84 Å². The Bertz CT molecular complexity index is 540. The zero-order valence-electron chi connectivity index (χ0n) is 9.69. The van der Waals surface area contributed by atoms with Crippen LogP contribution in [-0.4, -0.2) is 5.11 Å². The van der Waals surface area contributed by atoms with Crippen LogP contribution in [0.2, 0.25) is 5.02 Å². The van der Waals surface area contributed by atoms with Gasteiger partial charge in [-0.15, -0.1) is 11.3 Å². The van der Waals surface area contributed by atoms with Crippen LogP contribution in [0.1, 0.15) is 23.5 Å². The van der Waals surface area contributed by atoms with Gasteiger partial charge in [0, 0.05) is 15.5 Å². The van der Waals surface area contributed by atoms with E-state index in [0.29, 0.717) is 22.9 Å². The van der Waals surface area contributed by atoms with Crippen LogP contribution in [0.15, 0.2) is 34.1 Å². The van der Waals surface area contributed by atoms with E-state index in [1.54, 1.807) is 36.5 Å². The number of rotatable bonds is 4. The largest absolute Gasteiger partial charge is 0.488 e. The van der Waals surface area contributed by atoms with Crippen LogP contribution in [0.4, 0.5) is 0 Å². The summed E-state index contributed by atoms with van der Waals surface area (Å²) in [7, 11) is 0. The Morgan fingerprint density at radius 3 is 2.78 bits per heavy atom. The summed E-state index contributed by atoms with van der Waals surface area (Å²) in [5.74, 6) is 0.666. The van der Waals surface area contributed by atoms with E-state index in [4.69, 9.17) is 16.3 Å². The first kappa shape index (κ1) is 13.9. The first-order valence-corrected chi connectivity index (χ1v) is 7.39. The van der Waals surface area contributed by atoms with Gasteiger partial charge < -0.3 is 9.84 Å². The van der Waals surface area contributed by atoms with Crippen molar-refractivity contribution in [3.05, 3.63) is 49.6 Å². The molecule has 1 aromatic heterocycles. The van der Waals surface area contributed by atoms with Crippen LogP contribution < -0.4 is 4.74 Å². The van der Waals surface area contributed by atoms with Crippen molar-refractivity contribution in [1.82, 2.24) is 0 Å². The quantitative estimate of drug-likeness (QED) is 0.861.